The van der Waals surface area contributed by atoms with E-state index in [-0.39, 0.29) is 24.4 Å². The van der Waals surface area contributed by atoms with E-state index in [1.165, 1.54) is 13.0 Å². The summed E-state index contributed by atoms with van der Waals surface area (Å²) in [4.78, 5) is 11.4. The Labute approximate surface area is 162 Å². The molecule has 154 valence electrons. The van der Waals surface area contributed by atoms with Crippen LogP contribution in [-0.4, -0.2) is 39.5 Å². The summed E-state index contributed by atoms with van der Waals surface area (Å²) in [6.45, 7) is 4.71. The summed E-state index contributed by atoms with van der Waals surface area (Å²) in [7, 11) is -4.52. The maximum absolute atomic E-state index is 13.0. The molecule has 0 aromatic heterocycles. The van der Waals surface area contributed by atoms with Crippen LogP contribution in [0.2, 0.25) is 0 Å². The van der Waals surface area contributed by atoms with Crippen LogP contribution >= 0.6 is 12.4 Å². The third kappa shape index (κ3) is 6.06. The summed E-state index contributed by atoms with van der Waals surface area (Å²) in [5, 5.41) is 5.94. The lowest BCUT2D eigenvalue weighted by Gasteiger charge is -2.31. The second-order valence-electron chi connectivity index (χ2n) is 6.42. The third-order valence-electron chi connectivity index (χ3n) is 4.32. The SMILES string of the molecule is CC(NS(=O)(=O)c1ccccc1C(F)(F)F)C(=O)NC1CCNCC1C.Cl. The number of hydrogen-bond donors (Lipinski definition) is 3. The second kappa shape index (κ2) is 9.22. The van der Waals surface area contributed by atoms with Gasteiger partial charge in [0, 0.05) is 6.04 Å². The Bertz CT molecular complexity index is 759. The van der Waals surface area contributed by atoms with Gasteiger partial charge in [-0.15, -0.1) is 12.4 Å². The normalized spacial score (nSPS) is 21.8. The molecule has 1 aromatic rings. The van der Waals surface area contributed by atoms with Crippen LogP contribution < -0.4 is 15.4 Å². The number of carbonyl (C=O) groups excluding carboxylic acids is 1. The fraction of sp³-hybridized carbons (Fsp3) is 0.562. The Balaban J connectivity index is 0.00000364. The molecule has 0 saturated carbocycles. The first-order valence-electron chi connectivity index (χ1n) is 8.22. The molecule has 0 spiro atoms. The zero-order valence-corrected chi connectivity index (χ0v) is 16.5. The van der Waals surface area contributed by atoms with Gasteiger partial charge in [0.05, 0.1) is 16.5 Å². The molecule has 6 nitrogen and oxygen atoms in total. The van der Waals surface area contributed by atoms with Crippen molar-refractivity contribution in [3.8, 4) is 0 Å². The van der Waals surface area contributed by atoms with Gasteiger partial charge in [-0.05, 0) is 44.5 Å². The number of halogens is 4. The van der Waals surface area contributed by atoms with E-state index < -0.39 is 38.6 Å². The Kier molecular flexibility index (Phi) is 8.09. The van der Waals surface area contributed by atoms with E-state index in [9.17, 15) is 26.4 Å². The summed E-state index contributed by atoms with van der Waals surface area (Å²) in [5.41, 5.74) is -1.27. The highest BCUT2D eigenvalue weighted by atomic mass is 35.5. The Morgan fingerprint density at radius 3 is 2.52 bits per heavy atom. The van der Waals surface area contributed by atoms with Crippen LogP contribution in [0.5, 0.6) is 0 Å². The minimum atomic E-state index is -4.82. The van der Waals surface area contributed by atoms with Crippen molar-refractivity contribution in [3.05, 3.63) is 29.8 Å². The smallest absolute Gasteiger partial charge is 0.352 e. The zero-order valence-electron chi connectivity index (χ0n) is 14.8. The zero-order chi connectivity index (χ0) is 19.5. The molecule has 2 rings (SSSR count). The number of piperidine rings is 1. The standard InChI is InChI=1S/C16H22F3N3O3S.ClH/c1-10-9-20-8-7-13(10)21-15(23)11(2)22-26(24,25)14-6-4-3-5-12(14)16(17,18)19;/h3-6,10-11,13,20,22H,7-9H2,1-2H3,(H,21,23);1H. The van der Waals surface area contributed by atoms with E-state index in [2.05, 4.69) is 10.6 Å². The largest absolute Gasteiger partial charge is 0.417 e. The molecule has 0 aliphatic carbocycles. The molecule has 3 unspecified atom stereocenters. The van der Waals surface area contributed by atoms with E-state index in [0.29, 0.717) is 12.5 Å². The van der Waals surface area contributed by atoms with Gasteiger partial charge < -0.3 is 10.6 Å². The first kappa shape index (κ1) is 23.7. The van der Waals surface area contributed by atoms with Crippen molar-refractivity contribution in [2.24, 2.45) is 5.92 Å². The third-order valence-corrected chi connectivity index (χ3v) is 5.92. The van der Waals surface area contributed by atoms with E-state index in [0.717, 1.165) is 25.2 Å². The number of amides is 1. The van der Waals surface area contributed by atoms with Gasteiger partial charge in [-0.1, -0.05) is 19.1 Å². The van der Waals surface area contributed by atoms with E-state index >= 15 is 0 Å². The molecule has 0 radical (unpaired) electrons. The maximum Gasteiger partial charge on any atom is 0.417 e. The van der Waals surface area contributed by atoms with E-state index in [1.807, 2.05) is 11.6 Å². The van der Waals surface area contributed by atoms with Crippen molar-refractivity contribution in [1.29, 1.82) is 0 Å². The van der Waals surface area contributed by atoms with Gasteiger partial charge in [0.15, 0.2) is 0 Å². The number of alkyl halides is 3. The second-order valence-corrected chi connectivity index (χ2v) is 8.10. The van der Waals surface area contributed by atoms with E-state index in [1.54, 1.807) is 0 Å². The monoisotopic (exact) mass is 429 g/mol. The molecule has 3 N–H and O–H groups in total. The van der Waals surface area contributed by atoms with Crippen molar-refractivity contribution >= 4 is 28.3 Å². The van der Waals surface area contributed by atoms with Crippen LogP contribution in [0, 0.1) is 5.92 Å². The van der Waals surface area contributed by atoms with E-state index in [4.69, 9.17) is 0 Å². The summed E-state index contributed by atoms with van der Waals surface area (Å²) >= 11 is 0. The van der Waals surface area contributed by atoms with Crippen LogP contribution in [0.15, 0.2) is 29.2 Å². The van der Waals surface area contributed by atoms with Gasteiger partial charge >= 0.3 is 6.18 Å². The number of carbonyl (C=O) groups is 1. The van der Waals surface area contributed by atoms with Gasteiger partial charge in [0.2, 0.25) is 15.9 Å². The van der Waals surface area contributed by atoms with Crippen molar-refractivity contribution < 1.29 is 26.4 Å². The van der Waals surface area contributed by atoms with Crippen LogP contribution in [0.1, 0.15) is 25.8 Å². The predicted molar refractivity (Wildman–Crippen MR) is 97.1 cm³/mol. The molecular formula is C16H23ClF3N3O3S. The lowest BCUT2D eigenvalue weighted by Crippen LogP contribution is -2.53. The molecule has 0 bridgehead atoms. The molecule has 1 fully saturated rings. The minimum absolute atomic E-state index is 0. The van der Waals surface area contributed by atoms with Gasteiger partial charge in [0.25, 0.3) is 0 Å². The highest BCUT2D eigenvalue weighted by molar-refractivity contribution is 7.89. The van der Waals surface area contributed by atoms with Crippen LogP contribution in [0.4, 0.5) is 13.2 Å². The fourth-order valence-electron chi connectivity index (χ4n) is 2.82. The van der Waals surface area contributed by atoms with Gasteiger partial charge in [0.1, 0.15) is 0 Å². The highest BCUT2D eigenvalue weighted by Gasteiger charge is 2.37. The van der Waals surface area contributed by atoms with Crippen molar-refractivity contribution in [3.63, 3.8) is 0 Å². The van der Waals surface area contributed by atoms with Crippen molar-refractivity contribution in [1.82, 2.24) is 15.4 Å². The first-order chi connectivity index (χ1) is 12.0. The number of hydrogen-bond acceptors (Lipinski definition) is 4. The molecule has 1 saturated heterocycles. The van der Waals surface area contributed by atoms with Gasteiger partial charge in [-0.3, -0.25) is 4.79 Å². The van der Waals surface area contributed by atoms with Gasteiger partial charge in [-0.25, -0.2) is 8.42 Å². The Morgan fingerprint density at radius 1 is 1.30 bits per heavy atom. The number of sulfonamides is 1. The summed E-state index contributed by atoms with van der Waals surface area (Å²) < 4.78 is 65.9. The van der Waals surface area contributed by atoms with Crippen molar-refractivity contribution in [2.75, 3.05) is 13.1 Å². The topological polar surface area (TPSA) is 87.3 Å². The molecule has 11 heteroatoms. The first-order valence-corrected chi connectivity index (χ1v) is 9.70. The molecule has 1 amide bonds. The molecular weight excluding hydrogens is 407 g/mol. The Hall–Kier alpha value is -1.36. The van der Waals surface area contributed by atoms with Crippen LogP contribution in [-0.2, 0) is 21.0 Å². The predicted octanol–water partition coefficient (Wildman–Crippen LogP) is 1.91. The number of nitrogens with one attached hydrogen (secondary N) is 3. The molecule has 1 aromatic carbocycles. The summed E-state index contributed by atoms with van der Waals surface area (Å²) in [6, 6.07) is 2.55. The lowest BCUT2D eigenvalue weighted by atomic mass is 9.95. The van der Waals surface area contributed by atoms with Gasteiger partial charge in [-0.2, -0.15) is 17.9 Å². The number of benzene rings is 1. The summed E-state index contributed by atoms with van der Waals surface area (Å²) in [5.74, 6) is -0.403. The molecule has 1 aliphatic rings. The average molecular weight is 430 g/mol. The quantitative estimate of drug-likeness (QED) is 0.667. The van der Waals surface area contributed by atoms with Crippen LogP contribution in [0.25, 0.3) is 0 Å². The maximum atomic E-state index is 13.0. The lowest BCUT2D eigenvalue weighted by molar-refractivity contribution is -0.139. The molecule has 1 heterocycles. The van der Waals surface area contributed by atoms with Crippen LogP contribution in [0.3, 0.4) is 0 Å². The molecule has 1 aliphatic heterocycles. The fourth-order valence-corrected chi connectivity index (χ4v) is 4.25. The summed E-state index contributed by atoms with van der Waals surface area (Å²) in [6.07, 6.45) is -4.12. The highest BCUT2D eigenvalue weighted by Crippen LogP contribution is 2.33. The number of rotatable bonds is 5. The molecule has 27 heavy (non-hydrogen) atoms. The molecule has 3 atom stereocenters. The minimum Gasteiger partial charge on any atom is -0.352 e. The Morgan fingerprint density at radius 2 is 1.93 bits per heavy atom. The van der Waals surface area contributed by atoms with Crippen molar-refractivity contribution in [2.45, 2.75) is 43.4 Å². The average Bonchev–Trinajstić information content (AvgIpc) is 2.55.